The third-order valence-electron chi connectivity index (χ3n) is 2.80. The van der Waals surface area contributed by atoms with Gasteiger partial charge in [0.15, 0.2) is 0 Å². The van der Waals surface area contributed by atoms with Crippen LogP contribution in [0.25, 0.3) is 0 Å². The summed E-state index contributed by atoms with van der Waals surface area (Å²) in [7, 11) is 0. The second-order valence-electron chi connectivity index (χ2n) is 4.41. The summed E-state index contributed by atoms with van der Waals surface area (Å²) in [5.74, 6) is -1.04. The Hall–Kier alpha value is -2.41. The molecule has 0 fully saturated rings. The molecule has 2 aromatic rings. The van der Waals surface area contributed by atoms with E-state index in [1.54, 1.807) is 19.1 Å². The molecule has 1 aromatic heterocycles. The molecule has 0 radical (unpaired) electrons. The van der Waals surface area contributed by atoms with Crippen molar-refractivity contribution in [2.24, 2.45) is 5.10 Å². The van der Waals surface area contributed by atoms with Gasteiger partial charge in [0.05, 0.1) is 18.5 Å². The maximum absolute atomic E-state index is 11.6. The maximum Gasteiger partial charge on any atom is 0.329 e. The molecule has 0 unspecified atom stereocenters. The Balaban J connectivity index is 1.86. The lowest BCUT2D eigenvalue weighted by Gasteiger charge is -2.04. The van der Waals surface area contributed by atoms with Gasteiger partial charge in [-0.15, -0.1) is 0 Å². The number of rotatable bonds is 4. The largest absolute Gasteiger partial charge is 0.467 e. The normalized spacial score (nSPS) is 11.1. The van der Waals surface area contributed by atoms with Crippen molar-refractivity contribution in [3.8, 4) is 0 Å². The van der Waals surface area contributed by atoms with Crippen LogP contribution in [0.3, 0.4) is 0 Å². The van der Waals surface area contributed by atoms with Crippen LogP contribution in [0.4, 0.5) is 0 Å². The first-order chi connectivity index (χ1) is 10.6. The van der Waals surface area contributed by atoms with E-state index in [0.29, 0.717) is 11.5 Å². The number of hydrogen-bond donors (Lipinski definition) is 2. The minimum Gasteiger partial charge on any atom is -0.467 e. The van der Waals surface area contributed by atoms with Crippen LogP contribution in [-0.2, 0) is 16.1 Å². The lowest BCUT2D eigenvalue weighted by molar-refractivity contribution is -0.139. The molecule has 1 heterocycles. The van der Waals surface area contributed by atoms with Crippen molar-refractivity contribution >= 4 is 33.5 Å². The number of halogens is 1. The maximum atomic E-state index is 11.6. The molecule has 0 spiro atoms. The van der Waals surface area contributed by atoms with Gasteiger partial charge in [-0.1, -0.05) is 28.1 Å². The van der Waals surface area contributed by atoms with Crippen LogP contribution in [-0.4, -0.2) is 17.5 Å². The highest BCUT2D eigenvalue weighted by molar-refractivity contribution is 9.10. The van der Waals surface area contributed by atoms with E-state index in [1.807, 2.05) is 24.3 Å². The van der Waals surface area contributed by atoms with Crippen LogP contribution in [0.2, 0.25) is 0 Å². The molecular formula is C15H14BrN3O3. The zero-order valence-electron chi connectivity index (χ0n) is 11.8. The summed E-state index contributed by atoms with van der Waals surface area (Å²) < 4.78 is 6.00. The van der Waals surface area contributed by atoms with Gasteiger partial charge in [-0.2, -0.15) is 5.10 Å². The first-order valence-corrected chi connectivity index (χ1v) is 7.26. The fraction of sp³-hybridized carbons (Fsp3) is 0.133. The Morgan fingerprint density at radius 2 is 1.91 bits per heavy atom. The lowest BCUT2D eigenvalue weighted by Crippen LogP contribution is -2.37. The monoisotopic (exact) mass is 363 g/mol. The Morgan fingerprint density at radius 3 is 2.55 bits per heavy atom. The van der Waals surface area contributed by atoms with Crippen molar-refractivity contribution in [3.63, 3.8) is 0 Å². The van der Waals surface area contributed by atoms with Crippen LogP contribution in [0.1, 0.15) is 18.2 Å². The zero-order valence-corrected chi connectivity index (χ0v) is 13.4. The highest BCUT2D eigenvalue weighted by Crippen LogP contribution is 2.10. The van der Waals surface area contributed by atoms with Crippen molar-refractivity contribution < 1.29 is 14.0 Å². The van der Waals surface area contributed by atoms with Gasteiger partial charge >= 0.3 is 11.8 Å². The Labute approximate surface area is 135 Å². The summed E-state index contributed by atoms with van der Waals surface area (Å²) in [6.07, 6.45) is 1.49. The summed E-state index contributed by atoms with van der Waals surface area (Å²) in [4.78, 5) is 23.2. The molecule has 0 aliphatic heterocycles. The number of benzene rings is 1. The highest BCUT2D eigenvalue weighted by Gasteiger charge is 2.13. The lowest BCUT2D eigenvalue weighted by atomic mass is 10.1. The Kier molecular flexibility index (Phi) is 5.48. The molecule has 0 saturated heterocycles. The Bertz CT molecular complexity index is 679. The molecule has 0 bridgehead atoms. The van der Waals surface area contributed by atoms with E-state index in [2.05, 4.69) is 31.8 Å². The number of hydrogen-bond acceptors (Lipinski definition) is 4. The van der Waals surface area contributed by atoms with E-state index in [1.165, 1.54) is 6.26 Å². The van der Waals surface area contributed by atoms with Crippen LogP contribution in [0.15, 0.2) is 56.7 Å². The molecule has 1 aromatic carbocycles. The highest BCUT2D eigenvalue weighted by atomic mass is 79.9. The van der Waals surface area contributed by atoms with Crippen LogP contribution < -0.4 is 10.7 Å². The number of carbonyl (C=O) groups excluding carboxylic acids is 2. The second-order valence-corrected chi connectivity index (χ2v) is 5.32. The molecule has 7 heteroatoms. The zero-order chi connectivity index (χ0) is 15.9. The van der Waals surface area contributed by atoms with Crippen molar-refractivity contribution in [2.75, 3.05) is 0 Å². The fourth-order valence-electron chi connectivity index (χ4n) is 1.60. The number of furan rings is 1. The second kappa shape index (κ2) is 7.56. The van der Waals surface area contributed by atoms with Gasteiger partial charge in [0, 0.05) is 4.47 Å². The number of nitrogens with zero attached hydrogens (tertiary/aromatic N) is 1. The van der Waals surface area contributed by atoms with E-state index in [-0.39, 0.29) is 6.54 Å². The van der Waals surface area contributed by atoms with Gasteiger partial charge in [0.1, 0.15) is 5.76 Å². The van der Waals surface area contributed by atoms with Gasteiger partial charge in [-0.3, -0.25) is 9.59 Å². The van der Waals surface area contributed by atoms with Crippen molar-refractivity contribution in [1.29, 1.82) is 0 Å². The number of amides is 2. The summed E-state index contributed by atoms with van der Waals surface area (Å²) in [5, 5.41) is 6.34. The first-order valence-electron chi connectivity index (χ1n) is 6.47. The number of carbonyl (C=O) groups is 2. The van der Waals surface area contributed by atoms with Crippen molar-refractivity contribution in [1.82, 2.24) is 10.7 Å². The molecule has 0 aliphatic rings. The quantitative estimate of drug-likeness (QED) is 0.496. The van der Waals surface area contributed by atoms with E-state index >= 15 is 0 Å². The van der Waals surface area contributed by atoms with Gasteiger partial charge in [0.25, 0.3) is 0 Å². The molecule has 6 nitrogen and oxygen atoms in total. The molecule has 0 aliphatic carbocycles. The third-order valence-corrected chi connectivity index (χ3v) is 3.33. The van der Waals surface area contributed by atoms with Gasteiger partial charge < -0.3 is 9.73 Å². The van der Waals surface area contributed by atoms with Crippen molar-refractivity contribution in [2.45, 2.75) is 13.5 Å². The predicted molar refractivity (Wildman–Crippen MR) is 85.1 cm³/mol. The van der Waals surface area contributed by atoms with Gasteiger partial charge in [-0.25, -0.2) is 5.43 Å². The van der Waals surface area contributed by atoms with E-state index in [0.717, 1.165) is 10.0 Å². The van der Waals surface area contributed by atoms with E-state index in [9.17, 15) is 9.59 Å². The predicted octanol–water partition coefficient (Wildman–Crippen LogP) is 2.20. The van der Waals surface area contributed by atoms with Gasteiger partial charge in [0.2, 0.25) is 0 Å². The SMILES string of the molecule is C/C(=N/NC(=O)C(=O)NCc1ccco1)c1ccc(Br)cc1. The smallest absolute Gasteiger partial charge is 0.329 e. The molecule has 0 atom stereocenters. The van der Waals surface area contributed by atoms with Crippen LogP contribution in [0, 0.1) is 0 Å². The van der Waals surface area contributed by atoms with E-state index < -0.39 is 11.8 Å². The summed E-state index contributed by atoms with van der Waals surface area (Å²) in [6.45, 7) is 1.89. The summed E-state index contributed by atoms with van der Waals surface area (Å²) in [5.41, 5.74) is 3.66. The Morgan fingerprint density at radius 1 is 1.18 bits per heavy atom. The topological polar surface area (TPSA) is 83.7 Å². The van der Waals surface area contributed by atoms with Gasteiger partial charge in [-0.05, 0) is 36.8 Å². The minimum absolute atomic E-state index is 0.147. The van der Waals surface area contributed by atoms with Crippen LogP contribution in [0.5, 0.6) is 0 Å². The third kappa shape index (κ3) is 4.56. The fourth-order valence-corrected chi connectivity index (χ4v) is 1.87. The average Bonchev–Trinajstić information content (AvgIpc) is 3.04. The number of nitrogens with one attached hydrogen (secondary N) is 2. The molecule has 2 rings (SSSR count). The molecule has 114 valence electrons. The molecule has 2 N–H and O–H groups in total. The van der Waals surface area contributed by atoms with Crippen LogP contribution >= 0.6 is 15.9 Å². The van der Waals surface area contributed by atoms with Crippen molar-refractivity contribution in [3.05, 3.63) is 58.5 Å². The molecule has 0 saturated carbocycles. The minimum atomic E-state index is -0.831. The number of hydrazone groups is 1. The average molecular weight is 364 g/mol. The molecule has 2 amide bonds. The summed E-state index contributed by atoms with van der Waals surface area (Å²) in [6, 6.07) is 10.8. The summed E-state index contributed by atoms with van der Waals surface area (Å²) >= 11 is 3.34. The van der Waals surface area contributed by atoms with E-state index in [4.69, 9.17) is 4.42 Å². The standard InChI is InChI=1S/C15H14BrN3O3/c1-10(11-4-6-12(16)7-5-11)18-19-15(21)14(20)17-9-13-3-2-8-22-13/h2-8H,9H2,1H3,(H,17,20)(H,19,21)/b18-10-. The molecular weight excluding hydrogens is 350 g/mol. The first kappa shape index (κ1) is 16.0. The molecule has 22 heavy (non-hydrogen) atoms.